The van der Waals surface area contributed by atoms with Gasteiger partial charge in [0, 0.05) is 40.6 Å². The molecule has 0 aliphatic heterocycles. The third kappa shape index (κ3) is 2.83. The molecular weight excluding hydrogens is 326 g/mol. The number of hydrogen-bond donors (Lipinski definition) is 2. The van der Waals surface area contributed by atoms with Gasteiger partial charge in [-0.05, 0) is 44.9 Å². The van der Waals surface area contributed by atoms with Gasteiger partial charge in [0.05, 0.1) is 0 Å². The molecule has 0 radical (unpaired) electrons. The number of amides is 1. The number of carbonyl (C=O) groups excluding carboxylic acids is 1. The zero-order valence-electron chi connectivity index (χ0n) is 15.1. The monoisotopic (exact) mass is 347 g/mol. The normalized spacial score (nSPS) is 11.3. The fourth-order valence-electron chi connectivity index (χ4n) is 3.45. The number of para-hydroxylation sites is 1. The smallest absolute Gasteiger partial charge is 0.271 e. The predicted octanol–water partition coefficient (Wildman–Crippen LogP) is 3.11. The number of aromatic amines is 1. The van der Waals surface area contributed by atoms with Gasteiger partial charge >= 0.3 is 0 Å². The molecule has 6 nitrogen and oxygen atoms in total. The largest absolute Gasteiger partial charge is 0.358 e. The van der Waals surface area contributed by atoms with Crippen molar-refractivity contribution in [2.75, 3.05) is 6.54 Å². The summed E-state index contributed by atoms with van der Waals surface area (Å²) in [7, 11) is 0. The number of nitrogens with zero attached hydrogens (tertiary/aromatic N) is 3. The van der Waals surface area contributed by atoms with Gasteiger partial charge in [-0.3, -0.25) is 4.79 Å². The summed E-state index contributed by atoms with van der Waals surface area (Å²) >= 11 is 0. The maximum absolute atomic E-state index is 12.5. The number of carbonyl (C=O) groups is 1. The summed E-state index contributed by atoms with van der Waals surface area (Å²) in [6, 6.07) is 11.9. The van der Waals surface area contributed by atoms with Crippen LogP contribution >= 0.6 is 0 Å². The minimum atomic E-state index is -0.176. The van der Waals surface area contributed by atoms with Gasteiger partial charge in [-0.25, -0.2) is 9.50 Å². The van der Waals surface area contributed by atoms with Gasteiger partial charge in [-0.15, -0.1) is 0 Å². The predicted molar refractivity (Wildman–Crippen MR) is 102 cm³/mol. The molecule has 0 fully saturated rings. The zero-order chi connectivity index (χ0) is 18.3. The van der Waals surface area contributed by atoms with E-state index >= 15 is 0 Å². The summed E-state index contributed by atoms with van der Waals surface area (Å²) in [5.74, 6) is -0.176. The van der Waals surface area contributed by atoms with Crippen molar-refractivity contribution >= 4 is 22.5 Å². The highest BCUT2D eigenvalue weighted by molar-refractivity contribution is 5.93. The van der Waals surface area contributed by atoms with E-state index in [0.29, 0.717) is 17.9 Å². The van der Waals surface area contributed by atoms with Crippen molar-refractivity contribution < 1.29 is 4.79 Å². The topological polar surface area (TPSA) is 75.1 Å². The third-order valence-electron chi connectivity index (χ3n) is 4.65. The summed E-state index contributed by atoms with van der Waals surface area (Å²) in [5.41, 5.74) is 6.47. The van der Waals surface area contributed by atoms with Crippen LogP contribution in [0.1, 0.15) is 33.1 Å². The average molecular weight is 347 g/mol. The summed E-state index contributed by atoms with van der Waals surface area (Å²) in [6.07, 6.45) is 0.769. The molecule has 6 heteroatoms. The molecule has 26 heavy (non-hydrogen) atoms. The Morgan fingerprint density at radius 3 is 2.85 bits per heavy atom. The first-order chi connectivity index (χ1) is 12.5. The number of nitrogens with one attached hydrogen (secondary N) is 2. The summed E-state index contributed by atoms with van der Waals surface area (Å²) in [4.78, 5) is 20.3. The van der Waals surface area contributed by atoms with E-state index in [0.717, 1.165) is 29.0 Å². The van der Waals surface area contributed by atoms with Gasteiger partial charge in [-0.1, -0.05) is 18.2 Å². The van der Waals surface area contributed by atoms with Crippen LogP contribution in [0.5, 0.6) is 0 Å². The highest BCUT2D eigenvalue weighted by Crippen LogP contribution is 2.22. The second-order valence-electron chi connectivity index (χ2n) is 6.62. The van der Waals surface area contributed by atoms with E-state index in [1.165, 1.54) is 10.9 Å². The van der Waals surface area contributed by atoms with Crippen molar-refractivity contribution in [3.05, 3.63) is 64.7 Å². The average Bonchev–Trinajstić information content (AvgIpc) is 3.16. The van der Waals surface area contributed by atoms with Gasteiger partial charge < -0.3 is 10.3 Å². The fraction of sp³-hybridized carbons (Fsp3) is 0.250. The number of fused-ring (bicyclic) bond motifs is 2. The Kier molecular flexibility index (Phi) is 3.95. The molecule has 0 saturated heterocycles. The number of hydrogen-bond acceptors (Lipinski definition) is 3. The summed E-state index contributed by atoms with van der Waals surface area (Å²) in [6.45, 7) is 6.51. The van der Waals surface area contributed by atoms with E-state index in [1.54, 1.807) is 10.6 Å². The van der Waals surface area contributed by atoms with Crippen LogP contribution in [-0.4, -0.2) is 32.0 Å². The third-order valence-corrected chi connectivity index (χ3v) is 4.65. The lowest BCUT2D eigenvalue weighted by Crippen LogP contribution is -2.26. The van der Waals surface area contributed by atoms with Gasteiger partial charge in [0.1, 0.15) is 0 Å². The Morgan fingerprint density at radius 1 is 1.19 bits per heavy atom. The molecule has 0 bridgehead atoms. The van der Waals surface area contributed by atoms with Crippen LogP contribution in [0.4, 0.5) is 0 Å². The highest BCUT2D eigenvalue weighted by Gasteiger charge is 2.13. The van der Waals surface area contributed by atoms with E-state index in [9.17, 15) is 4.79 Å². The van der Waals surface area contributed by atoms with Crippen molar-refractivity contribution in [3.8, 4) is 0 Å². The molecule has 0 aliphatic rings. The van der Waals surface area contributed by atoms with Gasteiger partial charge in [0.2, 0.25) is 0 Å². The Balaban J connectivity index is 1.49. The van der Waals surface area contributed by atoms with E-state index in [1.807, 2.05) is 32.0 Å². The summed E-state index contributed by atoms with van der Waals surface area (Å²) in [5, 5.41) is 8.55. The standard InChI is InChI=1S/C20H21N5O/c1-12-10-13(2)25-19(22-12)11-18(24-25)20(26)21-9-8-15-14(3)23-17-7-5-4-6-16(15)17/h4-7,10-11,23H,8-9H2,1-3H3,(H,21,26). The molecule has 3 heterocycles. The first-order valence-corrected chi connectivity index (χ1v) is 8.71. The fourth-order valence-corrected chi connectivity index (χ4v) is 3.45. The van der Waals surface area contributed by atoms with Gasteiger partial charge in [0.25, 0.3) is 5.91 Å². The van der Waals surface area contributed by atoms with E-state index in [2.05, 4.69) is 39.4 Å². The lowest BCUT2D eigenvalue weighted by molar-refractivity contribution is 0.0949. The van der Waals surface area contributed by atoms with Gasteiger partial charge in [-0.2, -0.15) is 5.10 Å². The van der Waals surface area contributed by atoms with Crippen molar-refractivity contribution in [1.29, 1.82) is 0 Å². The number of H-pyrrole nitrogens is 1. The Morgan fingerprint density at radius 2 is 2.00 bits per heavy atom. The number of rotatable bonds is 4. The van der Waals surface area contributed by atoms with E-state index in [4.69, 9.17) is 0 Å². The molecule has 1 amide bonds. The molecule has 4 rings (SSSR count). The quantitative estimate of drug-likeness (QED) is 0.596. The molecule has 132 valence electrons. The van der Waals surface area contributed by atoms with E-state index < -0.39 is 0 Å². The van der Waals surface area contributed by atoms with Crippen molar-refractivity contribution in [2.45, 2.75) is 27.2 Å². The molecule has 0 saturated carbocycles. The van der Waals surface area contributed by atoms with Crippen LogP contribution in [0.2, 0.25) is 0 Å². The van der Waals surface area contributed by atoms with Crippen molar-refractivity contribution in [2.24, 2.45) is 0 Å². The highest BCUT2D eigenvalue weighted by atomic mass is 16.1. The molecule has 0 aliphatic carbocycles. The second-order valence-corrected chi connectivity index (χ2v) is 6.62. The lowest BCUT2D eigenvalue weighted by atomic mass is 10.1. The van der Waals surface area contributed by atoms with Crippen molar-refractivity contribution in [1.82, 2.24) is 24.9 Å². The van der Waals surface area contributed by atoms with E-state index in [-0.39, 0.29) is 5.91 Å². The van der Waals surface area contributed by atoms with Crippen LogP contribution in [0.3, 0.4) is 0 Å². The maximum atomic E-state index is 12.5. The Bertz CT molecular complexity index is 1120. The lowest BCUT2D eigenvalue weighted by Gasteiger charge is -2.04. The molecule has 4 aromatic rings. The zero-order valence-corrected chi connectivity index (χ0v) is 15.1. The van der Waals surface area contributed by atoms with Crippen LogP contribution in [0.15, 0.2) is 36.4 Å². The SMILES string of the molecule is Cc1cc(C)n2nc(C(=O)NCCc3c(C)[nH]c4ccccc34)cc2n1. The Labute approximate surface area is 151 Å². The molecule has 3 aromatic heterocycles. The van der Waals surface area contributed by atoms with Crippen LogP contribution in [0, 0.1) is 20.8 Å². The minimum absolute atomic E-state index is 0.176. The van der Waals surface area contributed by atoms with Crippen LogP contribution in [0.25, 0.3) is 16.6 Å². The van der Waals surface area contributed by atoms with Gasteiger partial charge in [0.15, 0.2) is 11.3 Å². The summed E-state index contributed by atoms with van der Waals surface area (Å²) < 4.78 is 1.70. The maximum Gasteiger partial charge on any atom is 0.271 e. The molecule has 2 N–H and O–H groups in total. The first kappa shape index (κ1) is 16.3. The number of aromatic nitrogens is 4. The minimum Gasteiger partial charge on any atom is -0.358 e. The van der Waals surface area contributed by atoms with Crippen molar-refractivity contribution in [3.63, 3.8) is 0 Å². The number of aryl methyl sites for hydroxylation is 3. The van der Waals surface area contributed by atoms with Crippen LogP contribution in [-0.2, 0) is 6.42 Å². The second kappa shape index (κ2) is 6.29. The molecule has 1 aromatic carbocycles. The molecule has 0 atom stereocenters. The molecule has 0 spiro atoms. The van der Waals surface area contributed by atoms with Crippen LogP contribution < -0.4 is 5.32 Å². The first-order valence-electron chi connectivity index (χ1n) is 8.71. The number of benzene rings is 1. The molecular formula is C20H21N5O. The Hall–Kier alpha value is -3.15. The molecule has 0 unspecified atom stereocenters.